The number of amides is 1. The van der Waals surface area contributed by atoms with Crippen LogP contribution in [0.25, 0.3) is 28.0 Å². The monoisotopic (exact) mass is 560 g/mol. The molecule has 0 aliphatic carbocycles. The molecule has 0 spiro atoms. The maximum absolute atomic E-state index is 13.5. The Labute approximate surface area is 244 Å². The first-order valence-electron chi connectivity index (χ1n) is 13.8. The van der Waals surface area contributed by atoms with Crippen molar-refractivity contribution in [2.75, 3.05) is 45.2 Å². The molecule has 4 aromatic heterocycles. The molecule has 212 valence electrons. The number of nitriles is 1. The van der Waals surface area contributed by atoms with E-state index in [1.165, 1.54) is 5.56 Å². The second-order valence-corrected chi connectivity index (χ2v) is 10.8. The molecule has 0 saturated carbocycles. The molecule has 1 atom stereocenters. The van der Waals surface area contributed by atoms with Crippen LogP contribution in [0.2, 0.25) is 0 Å². The first kappa shape index (κ1) is 27.1. The molecular weight excluding hydrogens is 528 g/mol. The van der Waals surface area contributed by atoms with Gasteiger partial charge in [0.1, 0.15) is 29.0 Å². The predicted octanol–water partition coefficient (Wildman–Crippen LogP) is 3.32. The summed E-state index contributed by atoms with van der Waals surface area (Å²) in [5.74, 6) is 0.950. The molecule has 1 aliphatic heterocycles. The van der Waals surface area contributed by atoms with E-state index in [2.05, 4.69) is 33.3 Å². The molecule has 5 heterocycles. The number of anilines is 1. The number of hydrogen-bond donors (Lipinski definition) is 0. The van der Waals surface area contributed by atoms with Crippen LogP contribution in [-0.4, -0.2) is 85.3 Å². The molecule has 42 heavy (non-hydrogen) atoms. The third-order valence-electron chi connectivity index (χ3n) is 7.70. The van der Waals surface area contributed by atoms with Crippen molar-refractivity contribution in [3.8, 4) is 28.6 Å². The Morgan fingerprint density at radius 1 is 0.952 bits per heavy atom. The third-order valence-corrected chi connectivity index (χ3v) is 7.70. The Kier molecular flexibility index (Phi) is 7.14. The Bertz CT molecular complexity index is 1770. The first-order chi connectivity index (χ1) is 20.3. The van der Waals surface area contributed by atoms with Crippen molar-refractivity contribution < 1.29 is 4.79 Å². The zero-order valence-electron chi connectivity index (χ0n) is 24.1. The van der Waals surface area contributed by atoms with Crippen molar-refractivity contribution in [3.05, 3.63) is 84.1 Å². The smallest absolute Gasteiger partial charge is 0.244 e. The normalized spacial score (nSPS) is 14.4. The number of nitrogens with zero attached hydrogens (tertiary/aromatic N) is 10. The largest absolute Gasteiger partial charge is 0.353 e. The highest BCUT2D eigenvalue weighted by Crippen LogP contribution is 2.30. The molecule has 11 heteroatoms. The summed E-state index contributed by atoms with van der Waals surface area (Å²) in [7, 11) is 5.75. The van der Waals surface area contributed by atoms with E-state index >= 15 is 0 Å². The molecule has 1 aromatic carbocycles. The number of hydrogen-bond acceptors (Lipinski definition) is 8. The second-order valence-electron chi connectivity index (χ2n) is 10.8. The van der Waals surface area contributed by atoms with Crippen LogP contribution in [0.1, 0.15) is 22.7 Å². The fourth-order valence-corrected chi connectivity index (χ4v) is 5.44. The molecule has 6 rings (SSSR count). The second kappa shape index (κ2) is 11.1. The maximum Gasteiger partial charge on any atom is 0.244 e. The zero-order chi connectivity index (χ0) is 29.4. The van der Waals surface area contributed by atoms with Crippen molar-refractivity contribution in [2.24, 2.45) is 7.05 Å². The van der Waals surface area contributed by atoms with Gasteiger partial charge in [-0.3, -0.25) is 14.4 Å². The average Bonchev–Trinajstić information content (AvgIpc) is 3.64. The number of benzene rings is 1. The van der Waals surface area contributed by atoms with Crippen molar-refractivity contribution >= 4 is 17.2 Å². The van der Waals surface area contributed by atoms with Gasteiger partial charge >= 0.3 is 0 Å². The fraction of sp³-hybridized carbons (Fsp3) is 0.290. The van der Waals surface area contributed by atoms with Crippen molar-refractivity contribution in [2.45, 2.75) is 13.0 Å². The molecule has 5 aromatic rings. The molecule has 1 unspecified atom stereocenters. The summed E-state index contributed by atoms with van der Waals surface area (Å²) in [5, 5.41) is 18.4. The summed E-state index contributed by atoms with van der Waals surface area (Å²) in [6.07, 6.45) is 8.78. The van der Waals surface area contributed by atoms with Gasteiger partial charge in [0.25, 0.3) is 0 Å². The lowest BCUT2D eigenvalue weighted by Crippen LogP contribution is -2.51. The maximum atomic E-state index is 13.5. The summed E-state index contributed by atoms with van der Waals surface area (Å²) < 4.78 is 3.41. The molecule has 0 bridgehead atoms. The molecular formula is C31H32N10O. The van der Waals surface area contributed by atoms with E-state index in [0.29, 0.717) is 48.6 Å². The summed E-state index contributed by atoms with van der Waals surface area (Å²) >= 11 is 0. The Morgan fingerprint density at radius 2 is 1.71 bits per heavy atom. The van der Waals surface area contributed by atoms with Crippen LogP contribution < -0.4 is 4.90 Å². The molecule has 11 nitrogen and oxygen atoms in total. The number of pyridine rings is 1. The minimum atomic E-state index is -0.317. The van der Waals surface area contributed by atoms with Gasteiger partial charge in [-0.15, -0.1) is 0 Å². The van der Waals surface area contributed by atoms with Crippen LogP contribution in [0.15, 0.2) is 67.4 Å². The highest BCUT2D eigenvalue weighted by Gasteiger charge is 2.30. The number of piperazine rings is 1. The van der Waals surface area contributed by atoms with E-state index in [4.69, 9.17) is 9.97 Å². The summed E-state index contributed by atoms with van der Waals surface area (Å²) in [5.41, 5.74) is 6.22. The van der Waals surface area contributed by atoms with Crippen molar-refractivity contribution in [1.82, 2.24) is 39.2 Å². The van der Waals surface area contributed by atoms with Gasteiger partial charge in [-0.05, 0) is 38.7 Å². The minimum absolute atomic E-state index is 0.115. The van der Waals surface area contributed by atoms with Crippen LogP contribution in [-0.2, 0) is 11.8 Å². The highest BCUT2D eigenvalue weighted by molar-refractivity contribution is 5.84. The van der Waals surface area contributed by atoms with E-state index in [1.807, 2.05) is 68.3 Å². The van der Waals surface area contributed by atoms with E-state index in [1.54, 1.807) is 34.0 Å². The first-order valence-corrected chi connectivity index (χ1v) is 13.8. The Balaban J connectivity index is 1.21. The van der Waals surface area contributed by atoms with E-state index in [0.717, 1.165) is 22.5 Å². The van der Waals surface area contributed by atoms with Gasteiger partial charge in [-0.25, -0.2) is 14.5 Å². The van der Waals surface area contributed by atoms with Crippen molar-refractivity contribution in [3.63, 3.8) is 0 Å². The van der Waals surface area contributed by atoms with Gasteiger partial charge in [0.15, 0.2) is 0 Å². The number of carbonyl (C=O) groups is 1. The predicted molar refractivity (Wildman–Crippen MR) is 160 cm³/mol. The van der Waals surface area contributed by atoms with Gasteiger partial charge < -0.3 is 9.80 Å². The number of aryl methyl sites for hydroxylation is 2. The summed E-state index contributed by atoms with van der Waals surface area (Å²) in [6.45, 7) is 4.66. The standard InChI is InChI=1S/C31H32N10O/c1-21-5-7-22(8-6-21)30(37(2)3)31(42)40-13-11-39(12-14-40)27-10-9-23(16-33-27)28-29-24(15-32)17-35-41(29)20-26(36-28)25-18-34-38(4)19-25/h5-10,16-20,30H,11-14H2,1-4H3. The molecule has 1 fully saturated rings. The van der Waals surface area contributed by atoms with Crippen LogP contribution in [0, 0.1) is 18.3 Å². The van der Waals surface area contributed by atoms with Crippen LogP contribution in [0.5, 0.6) is 0 Å². The van der Waals surface area contributed by atoms with E-state index in [9.17, 15) is 10.1 Å². The van der Waals surface area contributed by atoms with Crippen LogP contribution >= 0.6 is 0 Å². The SMILES string of the molecule is Cc1ccc(C(C(=O)N2CCN(c3ccc(-c4nc(-c5cnn(C)c5)cn5ncc(C#N)c45)cn3)CC2)N(C)C)cc1. The minimum Gasteiger partial charge on any atom is -0.353 e. The van der Waals surface area contributed by atoms with Gasteiger partial charge in [0.05, 0.1) is 30.0 Å². The molecule has 1 amide bonds. The summed E-state index contributed by atoms with van der Waals surface area (Å²) in [6, 6.07) is 14.0. The number of likely N-dealkylation sites (N-methyl/N-ethyl adjacent to an activating group) is 1. The fourth-order valence-electron chi connectivity index (χ4n) is 5.44. The number of rotatable bonds is 6. The van der Waals surface area contributed by atoms with Gasteiger partial charge in [0, 0.05) is 56.7 Å². The molecule has 1 aliphatic rings. The Hall–Kier alpha value is -5.08. The van der Waals surface area contributed by atoms with E-state index in [-0.39, 0.29) is 11.9 Å². The lowest BCUT2D eigenvalue weighted by molar-refractivity contribution is -0.136. The van der Waals surface area contributed by atoms with Gasteiger partial charge in [0.2, 0.25) is 5.91 Å². The zero-order valence-corrected chi connectivity index (χ0v) is 24.1. The number of fused-ring (bicyclic) bond motifs is 1. The lowest BCUT2D eigenvalue weighted by atomic mass is 10.0. The van der Waals surface area contributed by atoms with Crippen molar-refractivity contribution in [1.29, 1.82) is 5.26 Å². The van der Waals surface area contributed by atoms with Crippen LogP contribution in [0.4, 0.5) is 5.82 Å². The highest BCUT2D eigenvalue weighted by atomic mass is 16.2. The molecule has 0 N–H and O–H groups in total. The van der Waals surface area contributed by atoms with Crippen LogP contribution in [0.3, 0.4) is 0 Å². The third kappa shape index (κ3) is 5.08. The molecule has 0 radical (unpaired) electrons. The topological polar surface area (TPSA) is 111 Å². The molecule has 1 saturated heterocycles. The quantitative estimate of drug-likeness (QED) is 0.311. The number of aromatic nitrogens is 6. The Morgan fingerprint density at radius 3 is 2.33 bits per heavy atom. The lowest BCUT2D eigenvalue weighted by Gasteiger charge is -2.38. The van der Waals surface area contributed by atoms with E-state index < -0.39 is 0 Å². The average molecular weight is 561 g/mol. The van der Waals surface area contributed by atoms with Gasteiger partial charge in [-0.1, -0.05) is 29.8 Å². The summed E-state index contributed by atoms with van der Waals surface area (Å²) in [4.78, 5) is 29.3. The number of carbonyl (C=O) groups excluding carboxylic acids is 1. The van der Waals surface area contributed by atoms with Gasteiger partial charge in [-0.2, -0.15) is 15.5 Å².